The van der Waals surface area contributed by atoms with Crippen molar-refractivity contribution in [1.29, 1.82) is 0 Å². The van der Waals surface area contributed by atoms with Crippen molar-refractivity contribution in [3.05, 3.63) is 11.8 Å². The minimum atomic E-state index is 0.0119. The predicted molar refractivity (Wildman–Crippen MR) is 63.5 cm³/mol. The van der Waals surface area contributed by atoms with Crippen molar-refractivity contribution < 1.29 is 4.79 Å². The molecule has 0 spiro atoms. The van der Waals surface area contributed by atoms with Crippen LogP contribution in [0, 0.1) is 11.8 Å². The molecule has 1 heterocycles. The van der Waals surface area contributed by atoms with Gasteiger partial charge in [-0.25, -0.2) is 0 Å². The Hall–Kier alpha value is -1.52. The van der Waals surface area contributed by atoms with Gasteiger partial charge >= 0.3 is 0 Å². The summed E-state index contributed by atoms with van der Waals surface area (Å²) < 4.78 is 1.59. The summed E-state index contributed by atoms with van der Waals surface area (Å²) in [5.74, 6) is 1.000. The Kier molecular flexibility index (Phi) is 3.93. The van der Waals surface area contributed by atoms with E-state index in [0.717, 1.165) is 5.56 Å². The van der Waals surface area contributed by atoms with Crippen molar-refractivity contribution in [2.24, 2.45) is 18.9 Å². The summed E-state index contributed by atoms with van der Waals surface area (Å²) in [7, 11) is 1.78. The summed E-state index contributed by atoms with van der Waals surface area (Å²) in [5, 5.41) is 6.88. The molecule has 5 nitrogen and oxygen atoms in total. The molecular weight excluding hydrogens is 204 g/mol. The van der Waals surface area contributed by atoms with Crippen LogP contribution in [0.15, 0.2) is 6.20 Å². The molecule has 0 aliphatic heterocycles. The average Bonchev–Trinajstić information content (AvgIpc) is 2.55. The fourth-order valence-corrected chi connectivity index (χ4v) is 1.27. The van der Waals surface area contributed by atoms with Crippen LogP contribution in [-0.2, 0) is 18.4 Å². The molecule has 1 aromatic rings. The van der Waals surface area contributed by atoms with Gasteiger partial charge in [0.2, 0.25) is 5.91 Å². The molecule has 5 heteroatoms. The zero-order chi connectivity index (χ0) is 12.3. The number of amides is 1. The fourth-order valence-electron chi connectivity index (χ4n) is 1.27. The highest BCUT2D eigenvalue weighted by Crippen LogP contribution is 2.11. The van der Waals surface area contributed by atoms with Gasteiger partial charge in [0.05, 0.1) is 6.20 Å². The maximum Gasteiger partial charge on any atom is 0.223 e. The van der Waals surface area contributed by atoms with Gasteiger partial charge in [0.25, 0.3) is 0 Å². The molecule has 16 heavy (non-hydrogen) atoms. The standard InChI is InChI=1S/C11H20N4O/c1-7(2)8(3)11(16)13-5-9-6-14-15(4)10(9)12/h6-8H,5,12H2,1-4H3,(H,13,16). The first kappa shape index (κ1) is 12.5. The minimum absolute atomic E-state index is 0.0119. The maximum absolute atomic E-state index is 11.7. The van der Waals surface area contributed by atoms with Crippen LogP contribution in [0.2, 0.25) is 0 Å². The molecule has 0 bridgehead atoms. The second kappa shape index (κ2) is 5.01. The molecule has 1 unspecified atom stereocenters. The number of carbonyl (C=O) groups is 1. The number of anilines is 1. The van der Waals surface area contributed by atoms with Crippen LogP contribution in [0.5, 0.6) is 0 Å². The highest BCUT2D eigenvalue weighted by molar-refractivity contribution is 5.78. The van der Waals surface area contributed by atoms with Crippen LogP contribution >= 0.6 is 0 Å². The fraction of sp³-hybridized carbons (Fsp3) is 0.636. The third-order valence-corrected chi connectivity index (χ3v) is 2.93. The van der Waals surface area contributed by atoms with E-state index in [4.69, 9.17) is 5.73 Å². The lowest BCUT2D eigenvalue weighted by molar-refractivity contribution is -0.125. The molecule has 0 saturated heterocycles. The van der Waals surface area contributed by atoms with Crippen molar-refractivity contribution >= 4 is 11.7 Å². The SMILES string of the molecule is CC(C)C(C)C(=O)NCc1cnn(C)c1N. The van der Waals surface area contributed by atoms with Gasteiger partial charge in [-0.15, -0.1) is 0 Å². The summed E-state index contributed by atoms with van der Waals surface area (Å²) in [6.45, 7) is 6.42. The number of carbonyl (C=O) groups excluding carboxylic acids is 1. The molecule has 1 amide bonds. The van der Waals surface area contributed by atoms with Gasteiger partial charge in [0, 0.05) is 25.1 Å². The lowest BCUT2D eigenvalue weighted by atomic mass is 9.97. The summed E-state index contributed by atoms with van der Waals surface area (Å²) in [6.07, 6.45) is 1.68. The van der Waals surface area contributed by atoms with Gasteiger partial charge in [-0.3, -0.25) is 9.48 Å². The van der Waals surface area contributed by atoms with Crippen molar-refractivity contribution in [3.8, 4) is 0 Å². The minimum Gasteiger partial charge on any atom is -0.384 e. The second-order valence-electron chi connectivity index (χ2n) is 4.43. The monoisotopic (exact) mass is 224 g/mol. The first-order valence-corrected chi connectivity index (χ1v) is 5.47. The predicted octanol–water partition coefficient (Wildman–Crippen LogP) is 0.911. The maximum atomic E-state index is 11.7. The Morgan fingerprint density at radius 2 is 2.19 bits per heavy atom. The third kappa shape index (κ3) is 2.74. The number of nitrogen functional groups attached to an aromatic ring is 1. The van der Waals surface area contributed by atoms with Crippen molar-refractivity contribution in [1.82, 2.24) is 15.1 Å². The molecule has 1 atom stereocenters. The number of hydrogen-bond donors (Lipinski definition) is 2. The number of hydrogen-bond acceptors (Lipinski definition) is 3. The molecule has 1 rings (SSSR count). The van der Waals surface area contributed by atoms with Gasteiger partial charge in [0.15, 0.2) is 0 Å². The van der Waals surface area contributed by atoms with Crippen LogP contribution in [0.3, 0.4) is 0 Å². The molecule has 0 fully saturated rings. The van der Waals surface area contributed by atoms with E-state index in [9.17, 15) is 4.79 Å². The van der Waals surface area contributed by atoms with Crippen LogP contribution in [0.4, 0.5) is 5.82 Å². The van der Waals surface area contributed by atoms with Gasteiger partial charge < -0.3 is 11.1 Å². The highest BCUT2D eigenvalue weighted by Gasteiger charge is 2.16. The van der Waals surface area contributed by atoms with Crippen LogP contribution in [-0.4, -0.2) is 15.7 Å². The number of rotatable bonds is 4. The number of aryl methyl sites for hydroxylation is 1. The van der Waals surface area contributed by atoms with E-state index in [0.29, 0.717) is 18.3 Å². The molecule has 0 aliphatic rings. The van der Waals surface area contributed by atoms with Crippen LogP contribution in [0.1, 0.15) is 26.3 Å². The summed E-state index contributed by atoms with van der Waals surface area (Å²) >= 11 is 0. The summed E-state index contributed by atoms with van der Waals surface area (Å²) in [6, 6.07) is 0. The van der Waals surface area contributed by atoms with E-state index >= 15 is 0 Å². The highest BCUT2D eigenvalue weighted by atomic mass is 16.1. The Labute approximate surface area is 96.0 Å². The van der Waals surface area contributed by atoms with E-state index in [1.54, 1.807) is 17.9 Å². The molecule has 0 saturated carbocycles. The number of aromatic nitrogens is 2. The average molecular weight is 224 g/mol. The molecule has 3 N–H and O–H groups in total. The normalized spacial score (nSPS) is 12.8. The van der Waals surface area contributed by atoms with Crippen LogP contribution < -0.4 is 11.1 Å². The van der Waals surface area contributed by atoms with E-state index in [2.05, 4.69) is 10.4 Å². The summed E-state index contributed by atoms with van der Waals surface area (Å²) in [4.78, 5) is 11.7. The van der Waals surface area contributed by atoms with Crippen molar-refractivity contribution in [2.45, 2.75) is 27.3 Å². The molecule has 0 aromatic carbocycles. The van der Waals surface area contributed by atoms with E-state index in [1.165, 1.54) is 0 Å². The molecule has 1 aromatic heterocycles. The number of nitrogens with two attached hydrogens (primary N) is 1. The van der Waals surface area contributed by atoms with E-state index in [-0.39, 0.29) is 11.8 Å². The Morgan fingerprint density at radius 3 is 2.62 bits per heavy atom. The second-order valence-corrected chi connectivity index (χ2v) is 4.43. The van der Waals surface area contributed by atoms with E-state index in [1.807, 2.05) is 20.8 Å². The van der Waals surface area contributed by atoms with Crippen molar-refractivity contribution in [3.63, 3.8) is 0 Å². The van der Waals surface area contributed by atoms with Crippen LogP contribution in [0.25, 0.3) is 0 Å². The smallest absolute Gasteiger partial charge is 0.223 e. The molecule has 0 aliphatic carbocycles. The van der Waals surface area contributed by atoms with Gasteiger partial charge in [-0.05, 0) is 5.92 Å². The Bertz CT molecular complexity index is 370. The zero-order valence-corrected chi connectivity index (χ0v) is 10.3. The zero-order valence-electron chi connectivity index (χ0n) is 10.3. The number of nitrogens with zero attached hydrogens (tertiary/aromatic N) is 2. The van der Waals surface area contributed by atoms with Gasteiger partial charge in [0.1, 0.15) is 5.82 Å². The molecule has 90 valence electrons. The van der Waals surface area contributed by atoms with E-state index < -0.39 is 0 Å². The molecular formula is C11H20N4O. The lowest BCUT2D eigenvalue weighted by Crippen LogP contribution is -2.31. The van der Waals surface area contributed by atoms with Gasteiger partial charge in [-0.2, -0.15) is 5.10 Å². The van der Waals surface area contributed by atoms with Crippen molar-refractivity contribution in [2.75, 3.05) is 5.73 Å². The Morgan fingerprint density at radius 1 is 1.56 bits per heavy atom. The quantitative estimate of drug-likeness (QED) is 0.798. The first-order valence-electron chi connectivity index (χ1n) is 5.47. The summed E-state index contributed by atoms with van der Waals surface area (Å²) in [5.41, 5.74) is 6.63. The third-order valence-electron chi connectivity index (χ3n) is 2.93. The topological polar surface area (TPSA) is 72.9 Å². The number of nitrogens with one attached hydrogen (secondary N) is 1. The Balaban J connectivity index is 2.52. The molecule has 0 radical (unpaired) electrons. The lowest BCUT2D eigenvalue weighted by Gasteiger charge is -2.14. The first-order chi connectivity index (χ1) is 7.43. The van der Waals surface area contributed by atoms with Gasteiger partial charge in [-0.1, -0.05) is 20.8 Å². The largest absolute Gasteiger partial charge is 0.384 e.